The number of amides is 2. The summed E-state index contributed by atoms with van der Waals surface area (Å²) in [5.74, 6) is -0.691. The van der Waals surface area contributed by atoms with Crippen LogP contribution in [-0.4, -0.2) is 24.9 Å². The third kappa shape index (κ3) is 4.96. The summed E-state index contributed by atoms with van der Waals surface area (Å²) < 4.78 is 12.7. The van der Waals surface area contributed by atoms with Gasteiger partial charge in [-0.05, 0) is 49.6 Å². The first kappa shape index (κ1) is 18.4. The largest absolute Gasteiger partial charge is 0.347 e. The van der Waals surface area contributed by atoms with Gasteiger partial charge in [-0.1, -0.05) is 6.42 Å². The van der Waals surface area contributed by atoms with Crippen LogP contribution in [0.25, 0.3) is 0 Å². The molecule has 0 bridgehead atoms. The minimum Gasteiger partial charge on any atom is -0.347 e. The van der Waals surface area contributed by atoms with Crippen LogP contribution in [0, 0.1) is 17.7 Å². The van der Waals surface area contributed by atoms with Crippen molar-refractivity contribution in [3.63, 3.8) is 0 Å². The van der Waals surface area contributed by atoms with E-state index in [4.69, 9.17) is 5.73 Å². The summed E-state index contributed by atoms with van der Waals surface area (Å²) in [5, 5.41) is 5.23. The number of hydrogen-bond donors (Lipinski definition) is 3. The maximum Gasteiger partial charge on any atom is 0.243 e. The number of carbonyl (C=O) groups is 2. The minimum atomic E-state index is -0.365. The summed E-state index contributed by atoms with van der Waals surface area (Å²) in [7, 11) is 0. The van der Waals surface area contributed by atoms with Crippen LogP contribution in [0.3, 0.4) is 0 Å². The molecule has 0 saturated heterocycles. The molecule has 0 spiro atoms. The smallest absolute Gasteiger partial charge is 0.243 e. The SMILES string of the molecule is Cl.NC[C@H]1CCC[C@H]1C(=O)NCC(=O)Nc1ccc(F)cc1. The molecule has 2 amide bonds. The van der Waals surface area contributed by atoms with Crippen LogP contribution in [0.2, 0.25) is 0 Å². The lowest BCUT2D eigenvalue weighted by molar-refractivity contribution is -0.128. The molecule has 0 aliphatic heterocycles. The lowest BCUT2D eigenvalue weighted by atomic mass is 9.95. The number of carbonyl (C=O) groups excluding carboxylic acids is 2. The molecule has 1 saturated carbocycles. The van der Waals surface area contributed by atoms with Gasteiger partial charge in [-0.2, -0.15) is 0 Å². The molecule has 7 heteroatoms. The van der Waals surface area contributed by atoms with Gasteiger partial charge >= 0.3 is 0 Å². The van der Waals surface area contributed by atoms with Crippen molar-refractivity contribution >= 4 is 29.9 Å². The van der Waals surface area contributed by atoms with E-state index in [1.54, 1.807) is 0 Å². The summed E-state index contributed by atoms with van der Waals surface area (Å²) >= 11 is 0. The standard InChI is InChI=1S/C15H20FN3O2.ClH/c16-11-4-6-12(7-5-11)19-14(20)9-18-15(21)13-3-1-2-10(13)8-17;/h4-7,10,13H,1-3,8-9,17H2,(H,18,21)(H,19,20);1H/t10-,13-;/m1./s1. The average molecular weight is 330 g/mol. The fourth-order valence-electron chi connectivity index (χ4n) is 2.70. The quantitative estimate of drug-likeness (QED) is 0.768. The van der Waals surface area contributed by atoms with E-state index in [1.807, 2.05) is 0 Å². The average Bonchev–Trinajstić information content (AvgIpc) is 2.96. The third-order valence-electron chi connectivity index (χ3n) is 3.85. The zero-order valence-corrected chi connectivity index (χ0v) is 13.0. The zero-order chi connectivity index (χ0) is 15.2. The van der Waals surface area contributed by atoms with Gasteiger partial charge in [0.2, 0.25) is 11.8 Å². The van der Waals surface area contributed by atoms with E-state index >= 15 is 0 Å². The highest BCUT2D eigenvalue weighted by molar-refractivity contribution is 5.94. The van der Waals surface area contributed by atoms with Gasteiger partial charge in [-0.15, -0.1) is 12.4 Å². The van der Waals surface area contributed by atoms with Gasteiger partial charge in [-0.3, -0.25) is 9.59 Å². The molecule has 0 unspecified atom stereocenters. The Hall–Kier alpha value is -1.66. The number of nitrogens with two attached hydrogens (primary N) is 1. The van der Waals surface area contributed by atoms with Gasteiger partial charge in [0.05, 0.1) is 6.54 Å². The van der Waals surface area contributed by atoms with Crippen molar-refractivity contribution < 1.29 is 14.0 Å². The van der Waals surface area contributed by atoms with Crippen molar-refractivity contribution in [1.29, 1.82) is 0 Å². The lowest BCUT2D eigenvalue weighted by Crippen LogP contribution is -2.39. The van der Waals surface area contributed by atoms with Gasteiger partial charge in [-0.25, -0.2) is 4.39 Å². The molecular formula is C15H21ClFN3O2. The lowest BCUT2D eigenvalue weighted by Gasteiger charge is -2.17. The summed E-state index contributed by atoms with van der Waals surface area (Å²) in [4.78, 5) is 23.7. The molecule has 1 aliphatic carbocycles. The normalized spacial score (nSPS) is 20.1. The second kappa shape index (κ2) is 8.70. The fraction of sp³-hybridized carbons (Fsp3) is 0.467. The van der Waals surface area contributed by atoms with Crippen molar-refractivity contribution in [2.45, 2.75) is 19.3 Å². The molecule has 1 aromatic rings. The number of rotatable bonds is 5. The van der Waals surface area contributed by atoms with Crippen LogP contribution in [0.4, 0.5) is 10.1 Å². The fourth-order valence-corrected chi connectivity index (χ4v) is 2.70. The molecule has 2 rings (SSSR count). The van der Waals surface area contributed by atoms with Crippen molar-refractivity contribution in [3.8, 4) is 0 Å². The number of benzene rings is 1. The van der Waals surface area contributed by atoms with E-state index in [0.29, 0.717) is 12.2 Å². The van der Waals surface area contributed by atoms with Crippen molar-refractivity contribution in [2.75, 3.05) is 18.4 Å². The molecule has 4 N–H and O–H groups in total. The van der Waals surface area contributed by atoms with Crippen LogP contribution in [0.5, 0.6) is 0 Å². The molecule has 22 heavy (non-hydrogen) atoms. The maximum absolute atomic E-state index is 12.7. The van der Waals surface area contributed by atoms with E-state index in [0.717, 1.165) is 19.3 Å². The molecule has 0 radical (unpaired) electrons. The molecule has 1 fully saturated rings. The topological polar surface area (TPSA) is 84.2 Å². The van der Waals surface area contributed by atoms with Crippen LogP contribution < -0.4 is 16.4 Å². The van der Waals surface area contributed by atoms with E-state index in [9.17, 15) is 14.0 Å². The first-order chi connectivity index (χ1) is 10.1. The Bertz CT molecular complexity index is 510. The van der Waals surface area contributed by atoms with Crippen molar-refractivity contribution in [1.82, 2.24) is 5.32 Å². The Morgan fingerprint density at radius 1 is 1.23 bits per heavy atom. The monoisotopic (exact) mass is 329 g/mol. The van der Waals surface area contributed by atoms with E-state index in [-0.39, 0.29) is 48.4 Å². The van der Waals surface area contributed by atoms with Crippen LogP contribution >= 0.6 is 12.4 Å². The molecule has 1 aromatic carbocycles. The highest BCUT2D eigenvalue weighted by Gasteiger charge is 2.31. The van der Waals surface area contributed by atoms with E-state index in [2.05, 4.69) is 10.6 Å². The molecule has 0 aromatic heterocycles. The van der Waals surface area contributed by atoms with Gasteiger partial charge in [0, 0.05) is 11.6 Å². The Labute approximate surface area is 135 Å². The number of anilines is 1. The molecule has 2 atom stereocenters. The Kier molecular flexibility index (Phi) is 7.27. The van der Waals surface area contributed by atoms with Crippen LogP contribution in [0.1, 0.15) is 19.3 Å². The summed E-state index contributed by atoms with van der Waals surface area (Å²) in [5.41, 5.74) is 6.14. The highest BCUT2D eigenvalue weighted by Crippen LogP contribution is 2.30. The van der Waals surface area contributed by atoms with E-state index < -0.39 is 0 Å². The van der Waals surface area contributed by atoms with E-state index in [1.165, 1.54) is 24.3 Å². The summed E-state index contributed by atoms with van der Waals surface area (Å²) in [6.07, 6.45) is 2.80. The predicted octanol–water partition coefficient (Wildman–Crippen LogP) is 1.68. The molecule has 1 aliphatic rings. The number of nitrogens with one attached hydrogen (secondary N) is 2. The molecular weight excluding hydrogens is 309 g/mol. The minimum absolute atomic E-state index is 0. The molecule has 5 nitrogen and oxygen atoms in total. The first-order valence-corrected chi connectivity index (χ1v) is 7.13. The van der Waals surface area contributed by atoms with Crippen LogP contribution in [-0.2, 0) is 9.59 Å². The highest BCUT2D eigenvalue weighted by atomic mass is 35.5. The Morgan fingerprint density at radius 2 is 1.91 bits per heavy atom. The van der Waals surface area contributed by atoms with Crippen LogP contribution in [0.15, 0.2) is 24.3 Å². The Balaban J connectivity index is 0.00000242. The maximum atomic E-state index is 12.7. The second-order valence-corrected chi connectivity index (χ2v) is 5.31. The van der Waals surface area contributed by atoms with Gasteiger partial charge in [0.25, 0.3) is 0 Å². The number of hydrogen-bond acceptors (Lipinski definition) is 3. The predicted molar refractivity (Wildman–Crippen MR) is 85.2 cm³/mol. The van der Waals surface area contributed by atoms with Gasteiger partial charge < -0.3 is 16.4 Å². The number of halogens is 2. The molecule has 0 heterocycles. The Morgan fingerprint density at radius 3 is 2.55 bits per heavy atom. The van der Waals surface area contributed by atoms with Gasteiger partial charge in [0.1, 0.15) is 5.82 Å². The zero-order valence-electron chi connectivity index (χ0n) is 12.2. The first-order valence-electron chi connectivity index (χ1n) is 7.13. The second-order valence-electron chi connectivity index (χ2n) is 5.31. The summed E-state index contributed by atoms with van der Waals surface area (Å²) in [6, 6.07) is 5.46. The third-order valence-corrected chi connectivity index (χ3v) is 3.85. The van der Waals surface area contributed by atoms with Gasteiger partial charge in [0.15, 0.2) is 0 Å². The van der Waals surface area contributed by atoms with Crippen molar-refractivity contribution in [2.24, 2.45) is 17.6 Å². The molecule has 122 valence electrons. The van der Waals surface area contributed by atoms with Crippen molar-refractivity contribution in [3.05, 3.63) is 30.1 Å². The summed E-state index contributed by atoms with van der Waals surface area (Å²) in [6.45, 7) is 0.407.